The van der Waals surface area contributed by atoms with Crippen LogP contribution in [0.2, 0.25) is 0 Å². The van der Waals surface area contributed by atoms with E-state index in [0.29, 0.717) is 23.3 Å². The molecule has 0 amide bonds. The lowest BCUT2D eigenvalue weighted by Crippen LogP contribution is -2.04. The minimum Gasteiger partial charge on any atom is -0.478 e. The Morgan fingerprint density at radius 3 is 2.94 bits per heavy atom. The zero-order chi connectivity index (χ0) is 12.3. The molecular weight excluding hydrogens is 216 g/mol. The van der Waals surface area contributed by atoms with Crippen LogP contribution in [0.5, 0.6) is 0 Å². The fraction of sp³-hybridized carbons (Fsp3) is 0.0769. The lowest BCUT2D eigenvalue weighted by atomic mass is 10.1. The highest BCUT2D eigenvalue weighted by atomic mass is 16.4. The third-order valence-electron chi connectivity index (χ3n) is 2.37. The van der Waals surface area contributed by atoms with E-state index in [4.69, 9.17) is 5.11 Å². The molecule has 0 saturated carbocycles. The number of anilines is 1. The monoisotopic (exact) mass is 228 g/mol. The molecule has 2 aromatic rings. The summed E-state index contributed by atoms with van der Waals surface area (Å²) < 4.78 is 0. The molecule has 0 fully saturated rings. The van der Waals surface area contributed by atoms with E-state index in [9.17, 15) is 4.79 Å². The van der Waals surface area contributed by atoms with Gasteiger partial charge in [0, 0.05) is 11.9 Å². The van der Waals surface area contributed by atoms with Gasteiger partial charge in [-0.2, -0.15) is 0 Å². The van der Waals surface area contributed by atoms with E-state index in [2.05, 4.69) is 16.9 Å². The molecule has 2 rings (SSSR count). The molecule has 0 spiro atoms. The Morgan fingerprint density at radius 2 is 2.24 bits per heavy atom. The summed E-state index contributed by atoms with van der Waals surface area (Å²) in [6, 6.07) is 8.71. The van der Waals surface area contributed by atoms with E-state index in [-0.39, 0.29) is 5.56 Å². The summed E-state index contributed by atoms with van der Waals surface area (Å²) >= 11 is 0. The molecule has 86 valence electrons. The number of carboxylic acid groups (broad SMARTS) is 1. The van der Waals surface area contributed by atoms with Gasteiger partial charge in [-0.25, -0.2) is 9.78 Å². The van der Waals surface area contributed by atoms with E-state index in [0.717, 1.165) is 0 Å². The highest BCUT2D eigenvalue weighted by molar-refractivity contribution is 6.03. The van der Waals surface area contributed by atoms with Crippen molar-refractivity contribution in [3.63, 3.8) is 0 Å². The van der Waals surface area contributed by atoms with Gasteiger partial charge < -0.3 is 10.4 Å². The topological polar surface area (TPSA) is 62.2 Å². The zero-order valence-corrected chi connectivity index (χ0v) is 9.18. The summed E-state index contributed by atoms with van der Waals surface area (Å²) in [4.78, 5) is 15.5. The lowest BCUT2D eigenvalue weighted by Gasteiger charge is -2.07. The average molecular weight is 228 g/mol. The second-order valence-corrected chi connectivity index (χ2v) is 3.55. The van der Waals surface area contributed by atoms with Crippen LogP contribution in [0.25, 0.3) is 10.9 Å². The quantitative estimate of drug-likeness (QED) is 0.789. The average Bonchev–Trinajstić information content (AvgIpc) is 2.35. The summed E-state index contributed by atoms with van der Waals surface area (Å²) in [6.45, 7) is 4.14. The molecule has 0 bridgehead atoms. The van der Waals surface area contributed by atoms with Crippen LogP contribution in [0.3, 0.4) is 0 Å². The van der Waals surface area contributed by atoms with Crippen molar-refractivity contribution < 1.29 is 9.90 Å². The number of fused-ring (bicyclic) bond motifs is 1. The number of benzene rings is 1. The Morgan fingerprint density at radius 1 is 1.47 bits per heavy atom. The van der Waals surface area contributed by atoms with Crippen LogP contribution in [-0.4, -0.2) is 22.6 Å². The van der Waals surface area contributed by atoms with Gasteiger partial charge in [-0.05, 0) is 12.1 Å². The molecule has 2 N–H and O–H groups in total. The molecule has 17 heavy (non-hydrogen) atoms. The molecule has 1 heterocycles. The van der Waals surface area contributed by atoms with Crippen LogP contribution < -0.4 is 5.32 Å². The van der Waals surface area contributed by atoms with Gasteiger partial charge in [0.25, 0.3) is 0 Å². The van der Waals surface area contributed by atoms with Crippen molar-refractivity contribution in [3.05, 3.63) is 48.6 Å². The van der Waals surface area contributed by atoms with E-state index < -0.39 is 5.97 Å². The Kier molecular flexibility index (Phi) is 3.05. The minimum absolute atomic E-state index is 0.252. The summed E-state index contributed by atoms with van der Waals surface area (Å²) in [5.74, 6) is -0.411. The van der Waals surface area contributed by atoms with Crippen LogP contribution >= 0.6 is 0 Å². The smallest absolute Gasteiger partial charge is 0.336 e. The number of para-hydroxylation sites is 1. The molecule has 1 aromatic heterocycles. The molecular formula is C13H12N2O2. The maximum Gasteiger partial charge on any atom is 0.336 e. The van der Waals surface area contributed by atoms with Gasteiger partial charge in [0.2, 0.25) is 0 Å². The fourth-order valence-electron chi connectivity index (χ4n) is 1.62. The molecule has 1 aromatic carbocycles. The van der Waals surface area contributed by atoms with Gasteiger partial charge in [0.1, 0.15) is 5.82 Å². The van der Waals surface area contributed by atoms with Gasteiger partial charge in [-0.3, -0.25) is 0 Å². The third-order valence-corrected chi connectivity index (χ3v) is 2.37. The largest absolute Gasteiger partial charge is 0.478 e. The number of nitrogens with zero attached hydrogens (tertiary/aromatic N) is 1. The summed E-state index contributed by atoms with van der Waals surface area (Å²) in [6.07, 6.45) is 1.69. The van der Waals surface area contributed by atoms with Gasteiger partial charge in [-0.1, -0.05) is 24.3 Å². The van der Waals surface area contributed by atoms with Crippen LogP contribution in [0.4, 0.5) is 5.82 Å². The number of carboxylic acids is 1. The standard InChI is InChI=1S/C13H12N2O2/c1-2-7-14-12-8-10(13(16)17)9-5-3-4-6-11(9)15-12/h2-6,8H,1,7H2,(H,14,15)(H,16,17). The van der Waals surface area contributed by atoms with Gasteiger partial charge in [-0.15, -0.1) is 6.58 Å². The maximum absolute atomic E-state index is 11.2. The number of aromatic carboxylic acids is 1. The first-order valence-electron chi connectivity index (χ1n) is 5.20. The Hall–Kier alpha value is -2.36. The van der Waals surface area contributed by atoms with Gasteiger partial charge in [0.05, 0.1) is 11.1 Å². The zero-order valence-electron chi connectivity index (χ0n) is 9.18. The van der Waals surface area contributed by atoms with E-state index in [1.165, 1.54) is 6.07 Å². The first-order valence-corrected chi connectivity index (χ1v) is 5.20. The summed E-state index contributed by atoms with van der Waals surface area (Å²) in [7, 11) is 0. The van der Waals surface area contributed by atoms with E-state index in [1.807, 2.05) is 6.07 Å². The Labute approximate surface area is 98.6 Å². The van der Waals surface area contributed by atoms with Crippen molar-refractivity contribution in [2.75, 3.05) is 11.9 Å². The van der Waals surface area contributed by atoms with Crippen molar-refractivity contribution in [3.8, 4) is 0 Å². The minimum atomic E-state index is -0.953. The van der Waals surface area contributed by atoms with Crippen LogP contribution in [0.1, 0.15) is 10.4 Å². The van der Waals surface area contributed by atoms with Crippen molar-refractivity contribution >= 4 is 22.7 Å². The number of rotatable bonds is 4. The first kappa shape index (κ1) is 11.1. The number of carbonyl (C=O) groups is 1. The predicted molar refractivity (Wildman–Crippen MR) is 67.4 cm³/mol. The normalized spacial score (nSPS) is 10.1. The second-order valence-electron chi connectivity index (χ2n) is 3.55. The highest BCUT2D eigenvalue weighted by Crippen LogP contribution is 2.20. The Balaban J connectivity index is 2.58. The van der Waals surface area contributed by atoms with Crippen LogP contribution in [0, 0.1) is 0 Å². The second kappa shape index (κ2) is 4.65. The van der Waals surface area contributed by atoms with E-state index >= 15 is 0 Å². The maximum atomic E-state index is 11.2. The van der Waals surface area contributed by atoms with E-state index in [1.54, 1.807) is 24.3 Å². The first-order chi connectivity index (χ1) is 8.22. The molecule has 0 atom stereocenters. The van der Waals surface area contributed by atoms with Gasteiger partial charge in [0.15, 0.2) is 0 Å². The lowest BCUT2D eigenvalue weighted by molar-refractivity contribution is 0.0699. The molecule has 0 aliphatic carbocycles. The molecule has 0 unspecified atom stereocenters. The number of hydrogen-bond acceptors (Lipinski definition) is 3. The molecule has 0 aliphatic rings. The van der Waals surface area contributed by atoms with Crippen LogP contribution in [-0.2, 0) is 0 Å². The highest BCUT2D eigenvalue weighted by Gasteiger charge is 2.10. The molecule has 4 heteroatoms. The molecule has 4 nitrogen and oxygen atoms in total. The Bertz CT molecular complexity index is 579. The molecule has 0 aliphatic heterocycles. The van der Waals surface area contributed by atoms with Crippen LogP contribution in [0.15, 0.2) is 43.0 Å². The number of aromatic nitrogens is 1. The number of nitrogens with one attached hydrogen (secondary N) is 1. The number of pyridine rings is 1. The number of hydrogen-bond donors (Lipinski definition) is 2. The third kappa shape index (κ3) is 2.25. The van der Waals surface area contributed by atoms with Crippen molar-refractivity contribution in [1.82, 2.24) is 4.98 Å². The van der Waals surface area contributed by atoms with Crippen molar-refractivity contribution in [2.24, 2.45) is 0 Å². The predicted octanol–water partition coefficient (Wildman–Crippen LogP) is 2.53. The molecule has 0 saturated heterocycles. The van der Waals surface area contributed by atoms with Crippen molar-refractivity contribution in [2.45, 2.75) is 0 Å². The van der Waals surface area contributed by atoms with Crippen molar-refractivity contribution in [1.29, 1.82) is 0 Å². The van der Waals surface area contributed by atoms with Gasteiger partial charge >= 0.3 is 5.97 Å². The summed E-state index contributed by atoms with van der Waals surface area (Å²) in [5.41, 5.74) is 0.918. The SMILES string of the molecule is C=CCNc1cc(C(=O)O)c2ccccc2n1. The fourth-order valence-corrected chi connectivity index (χ4v) is 1.62. The molecule has 0 radical (unpaired) electrons. The summed E-state index contributed by atoms with van der Waals surface area (Å²) in [5, 5.41) is 12.8.